The van der Waals surface area contributed by atoms with Gasteiger partial charge in [0.1, 0.15) is 5.60 Å². The number of hydrogen-bond acceptors (Lipinski definition) is 2. The van der Waals surface area contributed by atoms with Crippen LogP contribution < -0.4 is 0 Å². The topological polar surface area (TPSA) is 33.1 Å². The van der Waals surface area contributed by atoms with Crippen LogP contribution >= 0.6 is 0 Å². The number of aromatic nitrogens is 1. The highest BCUT2D eigenvalue weighted by Gasteiger charge is 2.30. The van der Waals surface area contributed by atoms with Gasteiger partial charge in [-0.25, -0.2) is 0 Å². The number of hydrogen-bond donors (Lipinski definition) is 1. The molecule has 22 heavy (non-hydrogen) atoms. The van der Waals surface area contributed by atoms with Gasteiger partial charge in [0, 0.05) is 11.9 Å². The lowest BCUT2D eigenvalue weighted by atomic mass is 9.82. The molecule has 0 radical (unpaired) electrons. The van der Waals surface area contributed by atoms with E-state index >= 15 is 0 Å². The molecular formula is C20H19NO. The van der Waals surface area contributed by atoms with Crippen LogP contribution in [0.15, 0.2) is 85.1 Å². The fourth-order valence-electron chi connectivity index (χ4n) is 2.74. The lowest BCUT2D eigenvalue weighted by molar-refractivity contribution is 0.0710. The number of aryl methyl sites for hydroxylation is 1. The molecule has 0 aliphatic heterocycles. The van der Waals surface area contributed by atoms with Crippen molar-refractivity contribution in [3.63, 3.8) is 0 Å². The quantitative estimate of drug-likeness (QED) is 0.771. The van der Waals surface area contributed by atoms with Gasteiger partial charge >= 0.3 is 0 Å². The largest absolute Gasteiger partial charge is 0.380 e. The summed E-state index contributed by atoms with van der Waals surface area (Å²) in [7, 11) is 0. The van der Waals surface area contributed by atoms with E-state index in [0.29, 0.717) is 6.42 Å². The zero-order valence-electron chi connectivity index (χ0n) is 12.4. The van der Waals surface area contributed by atoms with Crippen molar-refractivity contribution in [2.75, 3.05) is 0 Å². The lowest BCUT2D eigenvalue weighted by Gasteiger charge is -2.29. The maximum atomic E-state index is 11.4. The number of aliphatic hydroxyl groups is 1. The van der Waals surface area contributed by atoms with Crippen molar-refractivity contribution in [3.8, 4) is 0 Å². The van der Waals surface area contributed by atoms with Gasteiger partial charge in [0.25, 0.3) is 0 Å². The van der Waals surface area contributed by atoms with E-state index in [1.54, 1.807) is 6.20 Å². The number of benzene rings is 2. The van der Waals surface area contributed by atoms with Crippen LogP contribution in [-0.2, 0) is 12.0 Å². The number of rotatable bonds is 5. The van der Waals surface area contributed by atoms with Gasteiger partial charge in [0.2, 0.25) is 0 Å². The second-order valence-corrected chi connectivity index (χ2v) is 5.41. The number of pyridine rings is 1. The molecule has 0 saturated heterocycles. The summed E-state index contributed by atoms with van der Waals surface area (Å²) in [4.78, 5) is 4.36. The molecule has 1 N–H and O–H groups in total. The van der Waals surface area contributed by atoms with Gasteiger partial charge in [-0.05, 0) is 36.1 Å². The first-order valence-electron chi connectivity index (χ1n) is 7.52. The van der Waals surface area contributed by atoms with Crippen LogP contribution in [0.5, 0.6) is 0 Å². The SMILES string of the molecule is OC(CCc1ccccn1)(c1ccccc1)c1ccccc1. The zero-order valence-corrected chi connectivity index (χ0v) is 12.4. The van der Waals surface area contributed by atoms with E-state index < -0.39 is 5.60 Å². The van der Waals surface area contributed by atoms with Crippen LogP contribution in [0.4, 0.5) is 0 Å². The second kappa shape index (κ2) is 6.54. The van der Waals surface area contributed by atoms with Crippen LogP contribution in [0.1, 0.15) is 23.2 Å². The first-order valence-corrected chi connectivity index (χ1v) is 7.52. The van der Waals surface area contributed by atoms with Gasteiger partial charge < -0.3 is 5.11 Å². The van der Waals surface area contributed by atoms with Gasteiger partial charge in [-0.1, -0.05) is 66.7 Å². The number of nitrogens with zero attached hydrogens (tertiary/aromatic N) is 1. The lowest BCUT2D eigenvalue weighted by Crippen LogP contribution is -2.28. The van der Waals surface area contributed by atoms with Crippen molar-refractivity contribution in [3.05, 3.63) is 102 Å². The average molecular weight is 289 g/mol. The first-order chi connectivity index (χ1) is 10.8. The Balaban J connectivity index is 1.93. The van der Waals surface area contributed by atoms with E-state index in [2.05, 4.69) is 4.98 Å². The second-order valence-electron chi connectivity index (χ2n) is 5.41. The van der Waals surface area contributed by atoms with Crippen LogP contribution in [-0.4, -0.2) is 10.1 Å². The molecule has 0 aliphatic rings. The molecule has 0 unspecified atom stereocenters. The molecule has 0 amide bonds. The van der Waals surface area contributed by atoms with Gasteiger partial charge in [-0.2, -0.15) is 0 Å². The summed E-state index contributed by atoms with van der Waals surface area (Å²) in [6.45, 7) is 0. The Morgan fingerprint density at radius 3 is 1.77 bits per heavy atom. The van der Waals surface area contributed by atoms with Crippen LogP contribution in [0, 0.1) is 0 Å². The molecule has 3 rings (SSSR count). The molecule has 0 aliphatic carbocycles. The molecule has 0 saturated carbocycles. The Morgan fingerprint density at radius 2 is 1.27 bits per heavy atom. The first kappa shape index (κ1) is 14.5. The molecule has 0 bridgehead atoms. The third kappa shape index (κ3) is 3.07. The molecule has 2 heteroatoms. The van der Waals surface area contributed by atoms with Crippen LogP contribution in [0.25, 0.3) is 0 Å². The van der Waals surface area contributed by atoms with E-state index in [1.807, 2.05) is 78.9 Å². The summed E-state index contributed by atoms with van der Waals surface area (Å²) in [6, 6.07) is 25.6. The molecule has 2 aromatic carbocycles. The Bertz CT molecular complexity index is 656. The maximum absolute atomic E-state index is 11.4. The summed E-state index contributed by atoms with van der Waals surface area (Å²) in [5, 5.41) is 11.4. The maximum Gasteiger partial charge on any atom is 0.115 e. The molecule has 3 aromatic rings. The molecule has 1 aromatic heterocycles. The third-order valence-corrected chi connectivity index (χ3v) is 3.97. The van der Waals surface area contributed by atoms with Gasteiger partial charge in [-0.15, -0.1) is 0 Å². The van der Waals surface area contributed by atoms with Crippen molar-refractivity contribution >= 4 is 0 Å². The van der Waals surface area contributed by atoms with Crippen molar-refractivity contribution in [1.82, 2.24) is 4.98 Å². The van der Waals surface area contributed by atoms with Crippen molar-refractivity contribution in [2.24, 2.45) is 0 Å². The summed E-state index contributed by atoms with van der Waals surface area (Å²) in [5.41, 5.74) is 1.82. The van der Waals surface area contributed by atoms with Gasteiger partial charge in [-0.3, -0.25) is 4.98 Å². The molecular weight excluding hydrogens is 270 g/mol. The van der Waals surface area contributed by atoms with E-state index in [9.17, 15) is 5.11 Å². The van der Waals surface area contributed by atoms with Gasteiger partial charge in [0.05, 0.1) is 0 Å². The highest BCUT2D eigenvalue weighted by Crippen LogP contribution is 2.33. The predicted molar refractivity (Wildman–Crippen MR) is 88.4 cm³/mol. The predicted octanol–water partition coefficient (Wildman–Crippen LogP) is 3.95. The van der Waals surface area contributed by atoms with Crippen molar-refractivity contribution in [2.45, 2.75) is 18.4 Å². The minimum Gasteiger partial charge on any atom is -0.380 e. The summed E-state index contributed by atoms with van der Waals surface area (Å²) in [5.74, 6) is 0. The Labute approximate surface area is 131 Å². The Kier molecular flexibility index (Phi) is 4.31. The standard InChI is InChI=1S/C20H19NO/c22-20(17-9-3-1-4-10-17,18-11-5-2-6-12-18)15-14-19-13-7-8-16-21-19/h1-13,16,22H,14-15H2. The zero-order chi connectivity index (χ0) is 15.3. The Morgan fingerprint density at radius 1 is 0.727 bits per heavy atom. The van der Waals surface area contributed by atoms with Gasteiger partial charge in [0.15, 0.2) is 0 Å². The van der Waals surface area contributed by atoms with Crippen molar-refractivity contribution < 1.29 is 5.11 Å². The van der Waals surface area contributed by atoms with E-state index in [0.717, 1.165) is 23.2 Å². The van der Waals surface area contributed by atoms with Crippen LogP contribution in [0.2, 0.25) is 0 Å². The normalized spacial score (nSPS) is 11.3. The van der Waals surface area contributed by atoms with E-state index in [-0.39, 0.29) is 0 Å². The van der Waals surface area contributed by atoms with Crippen LogP contribution in [0.3, 0.4) is 0 Å². The smallest absolute Gasteiger partial charge is 0.115 e. The molecule has 0 spiro atoms. The third-order valence-electron chi connectivity index (χ3n) is 3.97. The fraction of sp³-hybridized carbons (Fsp3) is 0.150. The summed E-state index contributed by atoms with van der Waals surface area (Å²) < 4.78 is 0. The van der Waals surface area contributed by atoms with E-state index in [4.69, 9.17) is 0 Å². The molecule has 0 fully saturated rings. The Hall–Kier alpha value is -2.45. The highest BCUT2D eigenvalue weighted by molar-refractivity contribution is 5.36. The summed E-state index contributed by atoms with van der Waals surface area (Å²) >= 11 is 0. The molecule has 2 nitrogen and oxygen atoms in total. The monoisotopic (exact) mass is 289 g/mol. The fourth-order valence-corrected chi connectivity index (χ4v) is 2.74. The summed E-state index contributed by atoms with van der Waals surface area (Å²) in [6.07, 6.45) is 3.11. The minimum atomic E-state index is -1.000. The highest BCUT2D eigenvalue weighted by atomic mass is 16.3. The van der Waals surface area contributed by atoms with E-state index in [1.165, 1.54) is 0 Å². The average Bonchev–Trinajstić information content (AvgIpc) is 2.62. The van der Waals surface area contributed by atoms with Crippen molar-refractivity contribution in [1.29, 1.82) is 0 Å². The molecule has 1 heterocycles. The molecule has 0 atom stereocenters. The minimum absolute atomic E-state index is 0.595. The molecule has 110 valence electrons.